The number of carbonyl (C=O) groups excluding carboxylic acids is 1. The van der Waals surface area contributed by atoms with Gasteiger partial charge in [-0.25, -0.2) is 0 Å². The van der Waals surface area contributed by atoms with E-state index in [-0.39, 0.29) is 11.8 Å². The minimum Gasteiger partial charge on any atom is -0.481 e. The van der Waals surface area contributed by atoms with Crippen molar-refractivity contribution in [2.75, 3.05) is 0 Å². The van der Waals surface area contributed by atoms with Gasteiger partial charge in [-0.3, -0.25) is 9.59 Å². The largest absolute Gasteiger partial charge is 0.481 e. The molecule has 0 saturated heterocycles. The first kappa shape index (κ1) is 15.2. The van der Waals surface area contributed by atoms with Crippen LogP contribution in [0.1, 0.15) is 38.8 Å². The van der Waals surface area contributed by atoms with Gasteiger partial charge in [0.05, 0.1) is 12.0 Å². The molecule has 1 amide bonds. The van der Waals surface area contributed by atoms with Crippen LogP contribution >= 0.6 is 0 Å². The number of benzene rings is 1. The molecule has 0 saturated carbocycles. The number of carbonyl (C=O) groups is 2. The van der Waals surface area contributed by atoms with Crippen molar-refractivity contribution in [3.63, 3.8) is 0 Å². The average Bonchev–Trinajstić information content (AvgIpc) is 2.35. The summed E-state index contributed by atoms with van der Waals surface area (Å²) in [6.07, 6.45) is 0.398. The highest BCUT2D eigenvalue weighted by atomic mass is 16.4. The van der Waals surface area contributed by atoms with Crippen LogP contribution in [0, 0.1) is 11.8 Å². The summed E-state index contributed by atoms with van der Waals surface area (Å²) >= 11 is 0. The van der Waals surface area contributed by atoms with E-state index in [1.807, 2.05) is 44.2 Å². The standard InChI is InChI=1S/C15H21NO3/c1-10(2)9-13(17)16-14(11(3)15(18)19)12-7-5-4-6-8-12/h4-8,10-11,14H,9H2,1-3H3,(H,16,17)(H,18,19). The summed E-state index contributed by atoms with van der Waals surface area (Å²) in [4.78, 5) is 23.0. The van der Waals surface area contributed by atoms with E-state index in [9.17, 15) is 9.59 Å². The summed E-state index contributed by atoms with van der Waals surface area (Å²) in [6, 6.07) is 8.71. The normalized spacial score (nSPS) is 13.9. The van der Waals surface area contributed by atoms with Gasteiger partial charge in [0.15, 0.2) is 0 Å². The van der Waals surface area contributed by atoms with Crippen LogP contribution in [0.2, 0.25) is 0 Å². The molecule has 1 rings (SSSR count). The molecule has 2 unspecified atom stereocenters. The second-order valence-electron chi connectivity index (χ2n) is 5.18. The van der Waals surface area contributed by atoms with Crippen LogP contribution in [0.3, 0.4) is 0 Å². The molecule has 0 heterocycles. The Morgan fingerprint density at radius 2 is 1.74 bits per heavy atom. The van der Waals surface area contributed by atoms with Crippen LogP contribution in [0.25, 0.3) is 0 Å². The van der Waals surface area contributed by atoms with Gasteiger partial charge < -0.3 is 10.4 Å². The lowest BCUT2D eigenvalue weighted by atomic mass is 9.94. The monoisotopic (exact) mass is 263 g/mol. The SMILES string of the molecule is CC(C)CC(=O)NC(c1ccccc1)C(C)C(=O)O. The Morgan fingerprint density at radius 1 is 1.16 bits per heavy atom. The molecule has 0 fully saturated rings. The molecule has 1 aromatic rings. The van der Waals surface area contributed by atoms with Crippen molar-refractivity contribution in [1.29, 1.82) is 0 Å². The van der Waals surface area contributed by atoms with E-state index in [0.29, 0.717) is 6.42 Å². The summed E-state index contributed by atoms with van der Waals surface area (Å²) in [7, 11) is 0. The van der Waals surface area contributed by atoms with E-state index >= 15 is 0 Å². The number of aliphatic carboxylic acids is 1. The summed E-state index contributed by atoms with van der Waals surface area (Å²) in [5.74, 6) is -1.45. The number of carboxylic acids is 1. The van der Waals surface area contributed by atoms with Gasteiger partial charge in [0.2, 0.25) is 5.91 Å². The number of nitrogens with one attached hydrogen (secondary N) is 1. The maximum Gasteiger partial charge on any atom is 0.308 e. The average molecular weight is 263 g/mol. The van der Waals surface area contributed by atoms with Crippen molar-refractivity contribution >= 4 is 11.9 Å². The third kappa shape index (κ3) is 4.73. The lowest BCUT2D eigenvalue weighted by molar-refractivity contribution is -0.142. The van der Waals surface area contributed by atoms with E-state index in [1.54, 1.807) is 6.92 Å². The second kappa shape index (κ2) is 6.92. The summed E-state index contributed by atoms with van der Waals surface area (Å²) in [5, 5.41) is 12.0. The lowest BCUT2D eigenvalue weighted by Gasteiger charge is -2.23. The van der Waals surface area contributed by atoms with Gasteiger partial charge in [0.25, 0.3) is 0 Å². The van der Waals surface area contributed by atoms with Gasteiger partial charge in [-0.05, 0) is 18.4 Å². The van der Waals surface area contributed by atoms with Crippen molar-refractivity contribution in [1.82, 2.24) is 5.32 Å². The zero-order valence-electron chi connectivity index (χ0n) is 11.6. The fourth-order valence-corrected chi connectivity index (χ4v) is 1.90. The van der Waals surface area contributed by atoms with Gasteiger partial charge in [-0.2, -0.15) is 0 Å². The van der Waals surface area contributed by atoms with Crippen LogP contribution in [-0.2, 0) is 9.59 Å². The molecule has 0 aliphatic carbocycles. The maximum absolute atomic E-state index is 11.9. The highest BCUT2D eigenvalue weighted by molar-refractivity contribution is 5.78. The van der Waals surface area contributed by atoms with Gasteiger partial charge in [0, 0.05) is 6.42 Å². The molecule has 2 atom stereocenters. The lowest BCUT2D eigenvalue weighted by Crippen LogP contribution is -2.36. The Hall–Kier alpha value is -1.84. The molecule has 0 bridgehead atoms. The third-order valence-corrected chi connectivity index (χ3v) is 2.96. The zero-order valence-corrected chi connectivity index (χ0v) is 11.6. The van der Waals surface area contributed by atoms with Crippen LogP contribution in [0.5, 0.6) is 0 Å². The van der Waals surface area contributed by atoms with Crippen LogP contribution in [0.15, 0.2) is 30.3 Å². The molecule has 0 aliphatic rings. The molecule has 4 heteroatoms. The van der Waals surface area contributed by atoms with Crippen molar-refractivity contribution < 1.29 is 14.7 Å². The molecule has 19 heavy (non-hydrogen) atoms. The zero-order chi connectivity index (χ0) is 14.4. The summed E-state index contributed by atoms with van der Waals surface area (Å²) in [5.41, 5.74) is 0.814. The second-order valence-corrected chi connectivity index (χ2v) is 5.18. The van der Waals surface area contributed by atoms with Crippen LogP contribution in [0.4, 0.5) is 0 Å². The highest BCUT2D eigenvalue weighted by Gasteiger charge is 2.26. The summed E-state index contributed by atoms with van der Waals surface area (Å²) < 4.78 is 0. The highest BCUT2D eigenvalue weighted by Crippen LogP contribution is 2.22. The topological polar surface area (TPSA) is 66.4 Å². The molecule has 0 aromatic heterocycles. The fourth-order valence-electron chi connectivity index (χ4n) is 1.90. The molecule has 4 nitrogen and oxygen atoms in total. The van der Waals surface area contributed by atoms with Crippen molar-refractivity contribution in [3.8, 4) is 0 Å². The summed E-state index contributed by atoms with van der Waals surface area (Å²) in [6.45, 7) is 5.52. The van der Waals surface area contributed by atoms with Gasteiger partial charge in [-0.15, -0.1) is 0 Å². The smallest absolute Gasteiger partial charge is 0.308 e. The van der Waals surface area contributed by atoms with Crippen LogP contribution < -0.4 is 5.32 Å². The Labute approximate surface area is 113 Å². The number of amides is 1. The van der Waals surface area contributed by atoms with Crippen molar-refractivity contribution in [2.24, 2.45) is 11.8 Å². The maximum atomic E-state index is 11.9. The first-order chi connectivity index (χ1) is 8.91. The fraction of sp³-hybridized carbons (Fsp3) is 0.467. The van der Waals surface area contributed by atoms with E-state index in [2.05, 4.69) is 5.32 Å². The number of hydrogen-bond donors (Lipinski definition) is 2. The van der Waals surface area contributed by atoms with Crippen molar-refractivity contribution in [2.45, 2.75) is 33.2 Å². The molecule has 2 N–H and O–H groups in total. The molecule has 104 valence electrons. The molecular weight excluding hydrogens is 242 g/mol. The first-order valence-electron chi connectivity index (χ1n) is 6.49. The molecule has 1 aromatic carbocycles. The van der Waals surface area contributed by atoms with E-state index in [4.69, 9.17) is 5.11 Å². The Bertz CT molecular complexity index is 428. The Balaban J connectivity index is 2.88. The van der Waals surface area contributed by atoms with Crippen molar-refractivity contribution in [3.05, 3.63) is 35.9 Å². The molecule has 0 aliphatic heterocycles. The minimum absolute atomic E-state index is 0.114. The molecule has 0 radical (unpaired) electrons. The van der Waals surface area contributed by atoms with Gasteiger partial charge >= 0.3 is 5.97 Å². The van der Waals surface area contributed by atoms with E-state index in [1.165, 1.54) is 0 Å². The predicted octanol–water partition coefficient (Wildman–Crippen LogP) is 2.61. The first-order valence-corrected chi connectivity index (χ1v) is 6.49. The Kier molecular flexibility index (Phi) is 5.55. The van der Waals surface area contributed by atoms with E-state index < -0.39 is 17.9 Å². The number of rotatable bonds is 6. The Morgan fingerprint density at radius 3 is 2.21 bits per heavy atom. The van der Waals surface area contributed by atoms with Gasteiger partial charge in [-0.1, -0.05) is 44.2 Å². The minimum atomic E-state index is -0.918. The molecular formula is C15H21NO3. The quantitative estimate of drug-likeness (QED) is 0.829. The van der Waals surface area contributed by atoms with Crippen LogP contribution in [-0.4, -0.2) is 17.0 Å². The molecule has 0 spiro atoms. The predicted molar refractivity (Wildman–Crippen MR) is 73.6 cm³/mol. The van der Waals surface area contributed by atoms with E-state index in [0.717, 1.165) is 5.56 Å². The third-order valence-electron chi connectivity index (χ3n) is 2.96. The van der Waals surface area contributed by atoms with Gasteiger partial charge in [0.1, 0.15) is 0 Å². The number of carboxylic acid groups (broad SMARTS) is 1. The number of hydrogen-bond acceptors (Lipinski definition) is 2.